The largest absolute Gasteiger partial charge is 0.310 e. The van der Waals surface area contributed by atoms with Crippen molar-refractivity contribution in [3.05, 3.63) is 304 Å². The summed E-state index contributed by atoms with van der Waals surface area (Å²) in [5.74, 6) is 0. The van der Waals surface area contributed by atoms with Crippen molar-refractivity contribution in [2.45, 2.75) is 30.1 Å². The third kappa shape index (κ3) is 5.23. The average Bonchev–Trinajstić information content (AvgIpc) is 3.82. The highest BCUT2D eigenvalue weighted by Gasteiger charge is 2.57. The molecule has 10 aromatic rings. The lowest BCUT2D eigenvalue weighted by Gasteiger charge is -2.49. The maximum atomic E-state index is 2.44. The Hall–Kier alpha value is -8.00. The smallest absolute Gasteiger partial charge is 0.0720 e. The van der Waals surface area contributed by atoms with Gasteiger partial charge in [-0.2, -0.15) is 0 Å². The number of benzene rings is 10. The molecular weight excluding hydrogens is 795 g/mol. The minimum absolute atomic E-state index is 0.129. The van der Waals surface area contributed by atoms with Crippen LogP contribution in [0.25, 0.3) is 33.4 Å². The summed E-state index contributed by atoms with van der Waals surface area (Å²) in [7, 11) is 0. The molecule has 66 heavy (non-hydrogen) atoms. The Morgan fingerprint density at radius 1 is 0.273 bits per heavy atom. The van der Waals surface area contributed by atoms with Crippen molar-refractivity contribution in [1.29, 1.82) is 0 Å². The summed E-state index contributed by atoms with van der Waals surface area (Å²) in [5.41, 5.74) is 23.0. The summed E-state index contributed by atoms with van der Waals surface area (Å²) in [5, 5.41) is 0. The molecule has 0 radical (unpaired) electrons. The van der Waals surface area contributed by atoms with E-state index in [9.17, 15) is 0 Å². The minimum Gasteiger partial charge on any atom is -0.310 e. The zero-order valence-corrected chi connectivity index (χ0v) is 37.1. The molecule has 1 nitrogen and oxygen atoms in total. The fraction of sp³-hybridized carbons (Fsp3) is 0.0769. The van der Waals surface area contributed by atoms with Gasteiger partial charge in [-0.05, 0) is 125 Å². The molecule has 0 amide bonds. The number of nitrogens with zero attached hydrogens (tertiary/aromatic N) is 1. The fourth-order valence-electron chi connectivity index (χ4n) is 12.4. The van der Waals surface area contributed by atoms with Crippen molar-refractivity contribution in [2.24, 2.45) is 0 Å². The van der Waals surface area contributed by atoms with Crippen molar-refractivity contribution in [3.63, 3.8) is 0 Å². The number of hydrogen-bond donors (Lipinski definition) is 0. The van der Waals surface area contributed by atoms with E-state index in [1.807, 2.05) is 0 Å². The van der Waals surface area contributed by atoms with Crippen molar-refractivity contribution in [1.82, 2.24) is 0 Å². The van der Waals surface area contributed by atoms with E-state index < -0.39 is 10.8 Å². The molecule has 0 N–H and O–H groups in total. The van der Waals surface area contributed by atoms with E-state index in [0.717, 1.165) is 17.1 Å². The van der Waals surface area contributed by atoms with Gasteiger partial charge in [-0.25, -0.2) is 0 Å². The van der Waals surface area contributed by atoms with E-state index in [1.54, 1.807) is 0 Å². The van der Waals surface area contributed by atoms with Crippen LogP contribution >= 0.6 is 0 Å². The third-order valence-electron chi connectivity index (χ3n) is 15.2. The van der Waals surface area contributed by atoms with Gasteiger partial charge in [0, 0.05) is 22.5 Å². The highest BCUT2D eigenvalue weighted by molar-refractivity contribution is 5.92. The SMILES string of the molecule is CC1(C)c2ccccc2-c2ccc(N(c3ccc(-c4ccccc4)cc3)c3ccc(C4(c5ccccc5)c5ccccc5C5(c6ccccc6)c6ccccc6-c6cccc4c65)cc3)cc21. The van der Waals surface area contributed by atoms with Crippen LogP contribution in [-0.2, 0) is 16.2 Å². The van der Waals surface area contributed by atoms with Gasteiger partial charge in [0.1, 0.15) is 0 Å². The van der Waals surface area contributed by atoms with Gasteiger partial charge in [0.25, 0.3) is 0 Å². The first kappa shape index (κ1) is 38.5. The molecule has 0 aliphatic heterocycles. The average molecular weight is 842 g/mol. The third-order valence-corrected chi connectivity index (χ3v) is 15.2. The maximum absolute atomic E-state index is 2.44. The second-order valence-electron chi connectivity index (χ2n) is 18.7. The summed E-state index contributed by atoms with van der Waals surface area (Å²) in [4.78, 5) is 2.44. The van der Waals surface area contributed by atoms with E-state index in [1.165, 1.54) is 89.0 Å². The Bertz CT molecular complexity index is 3480. The summed E-state index contributed by atoms with van der Waals surface area (Å²) in [6.07, 6.45) is 0. The topological polar surface area (TPSA) is 3.24 Å². The summed E-state index contributed by atoms with van der Waals surface area (Å²) < 4.78 is 0. The van der Waals surface area contributed by atoms with Gasteiger partial charge in [0.15, 0.2) is 0 Å². The molecule has 0 heterocycles. The summed E-state index contributed by atoms with van der Waals surface area (Å²) in [6, 6.07) is 93.2. The van der Waals surface area contributed by atoms with Crippen LogP contribution in [0.4, 0.5) is 17.1 Å². The van der Waals surface area contributed by atoms with Crippen molar-refractivity contribution in [3.8, 4) is 33.4 Å². The molecule has 10 aromatic carbocycles. The first-order valence-corrected chi connectivity index (χ1v) is 23.3. The molecule has 0 aromatic heterocycles. The van der Waals surface area contributed by atoms with Gasteiger partial charge in [-0.15, -0.1) is 0 Å². The zero-order chi connectivity index (χ0) is 44.0. The van der Waals surface area contributed by atoms with E-state index in [4.69, 9.17) is 0 Å². The first-order chi connectivity index (χ1) is 32.5. The van der Waals surface area contributed by atoms with Crippen molar-refractivity contribution < 1.29 is 0 Å². The highest BCUT2D eigenvalue weighted by Crippen LogP contribution is 2.66. The van der Waals surface area contributed by atoms with E-state index in [-0.39, 0.29) is 5.41 Å². The van der Waals surface area contributed by atoms with Crippen molar-refractivity contribution in [2.75, 3.05) is 4.90 Å². The Morgan fingerprint density at radius 3 is 1.35 bits per heavy atom. The van der Waals surface area contributed by atoms with Gasteiger partial charge in [0.2, 0.25) is 0 Å². The van der Waals surface area contributed by atoms with Crippen LogP contribution in [0, 0.1) is 0 Å². The molecule has 0 saturated heterocycles. The minimum atomic E-state index is -0.617. The number of hydrogen-bond acceptors (Lipinski definition) is 1. The predicted molar refractivity (Wildman–Crippen MR) is 273 cm³/mol. The van der Waals surface area contributed by atoms with E-state index in [2.05, 4.69) is 267 Å². The van der Waals surface area contributed by atoms with Gasteiger partial charge in [0.05, 0.1) is 10.8 Å². The second-order valence-corrected chi connectivity index (χ2v) is 18.7. The molecule has 0 saturated carbocycles. The monoisotopic (exact) mass is 841 g/mol. The zero-order valence-electron chi connectivity index (χ0n) is 37.1. The normalized spacial score (nSPS) is 17.8. The van der Waals surface area contributed by atoms with Gasteiger partial charge in [-0.1, -0.05) is 226 Å². The predicted octanol–water partition coefficient (Wildman–Crippen LogP) is 16.2. The van der Waals surface area contributed by atoms with E-state index >= 15 is 0 Å². The van der Waals surface area contributed by atoms with Gasteiger partial charge < -0.3 is 4.90 Å². The molecule has 0 spiro atoms. The van der Waals surface area contributed by atoms with Crippen molar-refractivity contribution >= 4 is 17.1 Å². The van der Waals surface area contributed by atoms with Crippen LogP contribution < -0.4 is 4.90 Å². The summed E-state index contributed by atoms with van der Waals surface area (Å²) in [6.45, 7) is 4.73. The Labute approximate surface area is 388 Å². The molecule has 3 aliphatic carbocycles. The fourth-order valence-corrected chi connectivity index (χ4v) is 12.4. The molecule has 312 valence electrons. The van der Waals surface area contributed by atoms with Crippen LogP contribution in [0.1, 0.15) is 69.5 Å². The van der Waals surface area contributed by atoms with Crippen LogP contribution in [0.2, 0.25) is 0 Å². The molecule has 0 bridgehead atoms. The molecule has 1 heteroatoms. The van der Waals surface area contributed by atoms with Crippen LogP contribution in [0.3, 0.4) is 0 Å². The summed E-state index contributed by atoms with van der Waals surface area (Å²) >= 11 is 0. The second kappa shape index (κ2) is 14.5. The quantitative estimate of drug-likeness (QED) is 0.155. The van der Waals surface area contributed by atoms with Gasteiger partial charge in [-0.3, -0.25) is 0 Å². The van der Waals surface area contributed by atoms with Gasteiger partial charge >= 0.3 is 0 Å². The molecule has 2 unspecified atom stereocenters. The Morgan fingerprint density at radius 2 is 0.697 bits per heavy atom. The molecule has 0 fully saturated rings. The lowest BCUT2D eigenvalue weighted by molar-refractivity contribution is 0.626. The van der Waals surface area contributed by atoms with E-state index in [0.29, 0.717) is 0 Å². The van der Waals surface area contributed by atoms with Crippen LogP contribution in [0.5, 0.6) is 0 Å². The lowest BCUT2D eigenvalue weighted by Crippen LogP contribution is -2.44. The molecule has 2 atom stereocenters. The molecule has 3 aliphatic rings. The van der Waals surface area contributed by atoms with Crippen LogP contribution in [0.15, 0.2) is 249 Å². The Balaban J connectivity index is 1.04. The first-order valence-electron chi connectivity index (χ1n) is 23.3. The lowest BCUT2D eigenvalue weighted by atomic mass is 9.52. The number of anilines is 3. The number of rotatable bonds is 7. The van der Waals surface area contributed by atoms with Crippen LogP contribution in [-0.4, -0.2) is 0 Å². The molecule has 13 rings (SSSR count). The Kier molecular flexibility index (Phi) is 8.45. The highest BCUT2D eigenvalue weighted by atomic mass is 15.1. The molecular formula is C65H47N. The maximum Gasteiger partial charge on any atom is 0.0720 e. The number of fused-ring (bicyclic) bond motifs is 8. The standard InChI is InChI=1S/C65H47N/c1-63(2)56-28-14-12-25-52(56)54-42-41-51(43-61(54)63)66(49-37-33-45(34-38-49)44-19-6-3-7-20-44)50-39-35-48(36-40-50)64(46-21-8-4-9-22-46)58-30-16-17-31-59(58)65(47-23-10-5-11-24-47)57-29-15-13-26-53(57)55-27-18-32-60(64)62(55)65/h3-43H,1-2H3.